The molecule has 0 amide bonds. The molecular weight excluding hydrogens is 472 g/mol. The molecule has 0 spiro atoms. The quantitative estimate of drug-likeness (QED) is 0.266. The first-order chi connectivity index (χ1) is 16.3. The molecule has 1 saturated carbocycles. The van der Waals surface area contributed by atoms with Crippen LogP contribution < -0.4 is 9.46 Å². The number of nitrogens with zero attached hydrogens (tertiary/aromatic N) is 1. The van der Waals surface area contributed by atoms with E-state index in [1.807, 2.05) is 55.5 Å². The van der Waals surface area contributed by atoms with Crippen molar-refractivity contribution in [1.82, 2.24) is 9.71 Å². The number of para-hydroxylation sites is 1. The second-order valence-electron chi connectivity index (χ2n) is 8.74. The van der Waals surface area contributed by atoms with E-state index in [0.29, 0.717) is 29.4 Å². The summed E-state index contributed by atoms with van der Waals surface area (Å²) in [5, 5.41) is 11.0. The lowest BCUT2D eigenvalue weighted by molar-refractivity contribution is 0.299. The van der Waals surface area contributed by atoms with E-state index < -0.39 is 10.0 Å². The van der Waals surface area contributed by atoms with E-state index in [-0.39, 0.29) is 17.5 Å². The zero-order chi connectivity index (χ0) is 24.1. The summed E-state index contributed by atoms with van der Waals surface area (Å²) in [5.41, 5.74) is 2.15. The second-order valence-corrected chi connectivity index (χ2v) is 11.0. The van der Waals surface area contributed by atoms with Gasteiger partial charge in [0.15, 0.2) is 0 Å². The summed E-state index contributed by atoms with van der Waals surface area (Å²) >= 11 is 6.25. The molecule has 1 aliphatic carbocycles. The lowest BCUT2D eigenvalue weighted by Gasteiger charge is -2.15. The second kappa shape index (κ2) is 10.8. The minimum Gasteiger partial charge on any atom is -0.506 e. The number of aromatic nitrogens is 1. The number of pyridine rings is 1. The van der Waals surface area contributed by atoms with E-state index in [4.69, 9.17) is 16.3 Å². The predicted octanol–water partition coefficient (Wildman–Crippen LogP) is 5.55. The average molecular weight is 501 g/mol. The van der Waals surface area contributed by atoms with Gasteiger partial charge in [-0.3, -0.25) is 0 Å². The molecule has 1 atom stereocenters. The standard InChI is InChI=1S/C26H29ClN2O4S/c1-18(20-8-5-10-23(16-20)33-17-19-12-13-19)29-34(31,32)14-4-2-3-7-22-15-21-9-6-11-24(30)25(21)28-26(22)27/h2-3,5-6,8-11,15-16,18-19,29-30H,4,7,12-14,17H2,1H3/b3-2+/t18-/m1/s1. The number of sulfonamides is 1. The molecule has 8 heteroatoms. The highest BCUT2D eigenvalue weighted by molar-refractivity contribution is 7.89. The Morgan fingerprint density at radius 3 is 2.79 bits per heavy atom. The molecule has 1 fully saturated rings. The fourth-order valence-corrected chi connectivity index (χ4v) is 5.12. The minimum atomic E-state index is -3.45. The number of halogens is 1. The SMILES string of the molecule is C[C@@H](NS(=O)(=O)CC/C=C/Cc1cc2cccc(O)c2nc1Cl)c1cccc(OCC2CC2)c1. The molecule has 0 saturated heterocycles. The molecule has 6 nitrogen and oxygen atoms in total. The third-order valence-electron chi connectivity index (χ3n) is 5.81. The molecule has 2 aromatic carbocycles. The maximum Gasteiger partial charge on any atom is 0.212 e. The Labute approximate surface area is 205 Å². The molecule has 2 N–H and O–H groups in total. The van der Waals surface area contributed by atoms with Crippen LogP contribution in [0.15, 0.2) is 60.7 Å². The van der Waals surface area contributed by atoms with Crippen LogP contribution in [-0.4, -0.2) is 30.9 Å². The first kappa shape index (κ1) is 24.5. The third-order valence-corrected chi connectivity index (χ3v) is 7.62. The Hall–Kier alpha value is -2.61. The van der Waals surface area contributed by atoms with E-state index in [9.17, 15) is 13.5 Å². The molecule has 0 aliphatic heterocycles. The number of fused-ring (bicyclic) bond motifs is 1. The Bertz CT molecular complexity index is 1290. The Morgan fingerprint density at radius 2 is 2.00 bits per heavy atom. The molecule has 4 rings (SSSR count). The summed E-state index contributed by atoms with van der Waals surface area (Å²) in [5.74, 6) is 1.51. The van der Waals surface area contributed by atoms with Crippen molar-refractivity contribution in [3.8, 4) is 11.5 Å². The Balaban J connectivity index is 1.28. The lowest BCUT2D eigenvalue weighted by Crippen LogP contribution is -2.29. The molecule has 1 aliphatic rings. The van der Waals surface area contributed by atoms with Crippen LogP contribution in [0.25, 0.3) is 10.9 Å². The summed E-state index contributed by atoms with van der Waals surface area (Å²) in [7, 11) is -3.45. The van der Waals surface area contributed by atoms with Gasteiger partial charge in [0.1, 0.15) is 22.2 Å². The van der Waals surface area contributed by atoms with Gasteiger partial charge in [0, 0.05) is 11.4 Å². The maximum atomic E-state index is 12.6. The van der Waals surface area contributed by atoms with Crippen LogP contribution in [0.2, 0.25) is 5.15 Å². The van der Waals surface area contributed by atoms with E-state index in [2.05, 4.69) is 9.71 Å². The van der Waals surface area contributed by atoms with Gasteiger partial charge in [0.05, 0.1) is 12.4 Å². The van der Waals surface area contributed by atoms with E-state index in [0.717, 1.165) is 28.9 Å². The number of allylic oxidation sites excluding steroid dienone is 2. The molecule has 0 radical (unpaired) electrons. The van der Waals surface area contributed by atoms with Crippen molar-refractivity contribution in [2.24, 2.45) is 5.92 Å². The Kier molecular flexibility index (Phi) is 7.76. The highest BCUT2D eigenvalue weighted by Crippen LogP contribution is 2.30. The van der Waals surface area contributed by atoms with Crippen molar-refractivity contribution in [3.63, 3.8) is 0 Å². The van der Waals surface area contributed by atoms with Gasteiger partial charge in [-0.1, -0.05) is 48.0 Å². The van der Waals surface area contributed by atoms with Crippen molar-refractivity contribution < 1.29 is 18.3 Å². The largest absolute Gasteiger partial charge is 0.506 e. The number of ether oxygens (including phenoxy) is 1. The highest BCUT2D eigenvalue weighted by Gasteiger charge is 2.22. The number of hydrogen-bond donors (Lipinski definition) is 2. The van der Waals surface area contributed by atoms with E-state index in [1.165, 1.54) is 12.8 Å². The summed E-state index contributed by atoms with van der Waals surface area (Å²) < 4.78 is 33.7. The molecule has 0 unspecified atom stereocenters. The zero-order valence-electron chi connectivity index (χ0n) is 19.1. The molecule has 34 heavy (non-hydrogen) atoms. The van der Waals surface area contributed by atoms with Crippen LogP contribution >= 0.6 is 11.6 Å². The zero-order valence-corrected chi connectivity index (χ0v) is 20.6. The first-order valence-electron chi connectivity index (χ1n) is 11.5. The van der Waals surface area contributed by atoms with Crippen molar-refractivity contribution in [2.75, 3.05) is 12.4 Å². The summed E-state index contributed by atoms with van der Waals surface area (Å²) in [6.07, 6.45) is 7.07. The van der Waals surface area contributed by atoms with Gasteiger partial charge >= 0.3 is 0 Å². The number of phenols is 1. The normalized spacial score (nSPS) is 15.1. The lowest BCUT2D eigenvalue weighted by atomic mass is 10.1. The van der Waals surface area contributed by atoms with Gasteiger partial charge in [0.2, 0.25) is 10.0 Å². The van der Waals surface area contributed by atoms with Crippen LogP contribution in [0.3, 0.4) is 0 Å². The fraction of sp³-hybridized carbons (Fsp3) is 0.346. The monoisotopic (exact) mass is 500 g/mol. The van der Waals surface area contributed by atoms with Crippen LogP contribution in [0.4, 0.5) is 0 Å². The maximum absolute atomic E-state index is 12.6. The van der Waals surface area contributed by atoms with Crippen molar-refractivity contribution >= 4 is 32.5 Å². The summed E-state index contributed by atoms with van der Waals surface area (Å²) in [6.45, 7) is 2.55. The molecule has 3 aromatic rings. The van der Waals surface area contributed by atoms with Crippen LogP contribution in [0.5, 0.6) is 11.5 Å². The van der Waals surface area contributed by atoms with E-state index >= 15 is 0 Å². The summed E-state index contributed by atoms with van der Waals surface area (Å²) in [4.78, 5) is 4.27. The number of phenolic OH excluding ortho intramolecular Hbond substituents is 1. The predicted molar refractivity (Wildman–Crippen MR) is 136 cm³/mol. The molecule has 0 bridgehead atoms. The number of hydrogen-bond acceptors (Lipinski definition) is 5. The topological polar surface area (TPSA) is 88.5 Å². The number of nitrogens with one attached hydrogen (secondary N) is 1. The van der Waals surface area contributed by atoms with Crippen LogP contribution in [0.1, 0.15) is 43.4 Å². The van der Waals surface area contributed by atoms with Crippen molar-refractivity contribution in [3.05, 3.63) is 77.0 Å². The van der Waals surface area contributed by atoms with Crippen LogP contribution in [0, 0.1) is 5.92 Å². The van der Waals surface area contributed by atoms with Gasteiger partial charge in [-0.15, -0.1) is 0 Å². The van der Waals surface area contributed by atoms with Crippen LogP contribution in [-0.2, 0) is 16.4 Å². The molecule has 1 heterocycles. The molecule has 180 valence electrons. The number of benzene rings is 2. The van der Waals surface area contributed by atoms with Gasteiger partial charge < -0.3 is 9.84 Å². The first-order valence-corrected chi connectivity index (χ1v) is 13.5. The number of aromatic hydroxyl groups is 1. The summed E-state index contributed by atoms with van der Waals surface area (Å²) in [6, 6.07) is 14.3. The third kappa shape index (κ3) is 6.72. The van der Waals surface area contributed by atoms with Crippen molar-refractivity contribution in [2.45, 2.75) is 38.6 Å². The van der Waals surface area contributed by atoms with Crippen molar-refractivity contribution in [1.29, 1.82) is 0 Å². The fourth-order valence-electron chi connectivity index (χ4n) is 3.67. The molecule has 1 aromatic heterocycles. The highest BCUT2D eigenvalue weighted by atomic mass is 35.5. The number of rotatable bonds is 11. The van der Waals surface area contributed by atoms with Gasteiger partial charge in [-0.05, 0) is 73.9 Å². The smallest absolute Gasteiger partial charge is 0.212 e. The van der Waals surface area contributed by atoms with Gasteiger partial charge in [-0.25, -0.2) is 18.1 Å². The van der Waals surface area contributed by atoms with Gasteiger partial charge in [0.25, 0.3) is 0 Å². The average Bonchev–Trinajstić information content (AvgIpc) is 3.63. The van der Waals surface area contributed by atoms with E-state index in [1.54, 1.807) is 12.1 Å². The Morgan fingerprint density at radius 1 is 1.21 bits per heavy atom. The van der Waals surface area contributed by atoms with Gasteiger partial charge in [-0.2, -0.15) is 0 Å². The minimum absolute atomic E-state index is 0.0106. The molecular formula is C26H29ClN2O4S.